The Hall–Kier alpha value is -3.64. The summed E-state index contributed by atoms with van der Waals surface area (Å²) < 4.78 is 2.17. The lowest BCUT2D eigenvalue weighted by molar-refractivity contribution is -0.122. The summed E-state index contributed by atoms with van der Waals surface area (Å²) in [5.74, 6) is -0.700. The molecule has 0 atom stereocenters. The van der Waals surface area contributed by atoms with Crippen LogP contribution in [0.1, 0.15) is 22.3 Å². The van der Waals surface area contributed by atoms with Crippen LogP contribution in [0.3, 0.4) is 0 Å². The number of amides is 2. The van der Waals surface area contributed by atoms with Crippen LogP contribution in [-0.4, -0.2) is 46.9 Å². The highest BCUT2D eigenvalue weighted by Crippen LogP contribution is 2.38. The molecule has 0 saturated heterocycles. The van der Waals surface area contributed by atoms with E-state index in [0.29, 0.717) is 11.1 Å². The lowest BCUT2D eigenvalue weighted by Gasteiger charge is -2.11. The summed E-state index contributed by atoms with van der Waals surface area (Å²) in [5.41, 5.74) is 6.62. The van der Waals surface area contributed by atoms with Gasteiger partial charge in [0.15, 0.2) is 0 Å². The van der Waals surface area contributed by atoms with Crippen LogP contribution in [0.4, 0.5) is 0 Å². The monoisotopic (exact) mass is 426 g/mol. The van der Waals surface area contributed by atoms with Gasteiger partial charge >= 0.3 is 0 Å². The van der Waals surface area contributed by atoms with E-state index < -0.39 is 0 Å². The largest absolute Gasteiger partial charge is 0.361 e. The number of carbonyl (C=O) groups is 2. The van der Waals surface area contributed by atoms with Gasteiger partial charge in [-0.25, -0.2) is 0 Å². The third kappa shape index (κ3) is 3.24. The molecule has 0 bridgehead atoms. The minimum Gasteiger partial charge on any atom is -0.361 e. The molecule has 5 rings (SSSR count). The number of aromatic amines is 1. The molecule has 2 N–H and O–H groups in total. The number of benzene rings is 2. The number of nitrogens with zero attached hydrogens (tertiary/aromatic N) is 2. The molecule has 1 aliphatic rings. The van der Waals surface area contributed by atoms with Gasteiger partial charge in [0.05, 0.1) is 11.1 Å². The van der Waals surface area contributed by atoms with E-state index in [4.69, 9.17) is 0 Å². The molecule has 1 aliphatic heterocycles. The van der Waals surface area contributed by atoms with Crippen LogP contribution >= 0.6 is 0 Å². The summed E-state index contributed by atoms with van der Waals surface area (Å²) in [6.45, 7) is 5.72. The normalized spacial score (nSPS) is 14.4. The molecule has 2 aromatic heterocycles. The maximum absolute atomic E-state index is 13.1. The first-order valence-electron chi connectivity index (χ1n) is 10.8. The fraction of sp³-hybridized carbons (Fsp3) is 0.231. The molecule has 3 heterocycles. The van der Waals surface area contributed by atoms with Gasteiger partial charge in [0.1, 0.15) is 0 Å². The molecule has 162 valence electrons. The van der Waals surface area contributed by atoms with Crippen LogP contribution < -0.4 is 5.32 Å². The fourth-order valence-corrected chi connectivity index (χ4v) is 4.51. The summed E-state index contributed by atoms with van der Waals surface area (Å²) in [6.07, 6.45) is 3.84. The number of fused-ring (bicyclic) bond motifs is 2. The lowest BCUT2D eigenvalue weighted by Crippen LogP contribution is -2.22. The van der Waals surface area contributed by atoms with Crippen molar-refractivity contribution in [3.8, 4) is 0 Å². The van der Waals surface area contributed by atoms with Gasteiger partial charge in [0.2, 0.25) is 0 Å². The van der Waals surface area contributed by atoms with E-state index in [1.54, 1.807) is 0 Å². The second-order valence-corrected chi connectivity index (χ2v) is 8.84. The van der Waals surface area contributed by atoms with Gasteiger partial charge < -0.3 is 14.5 Å². The predicted octanol–water partition coefficient (Wildman–Crippen LogP) is 3.87. The number of imide groups is 1. The molecule has 6 nitrogen and oxygen atoms in total. The number of nitrogens with one attached hydrogen (secondary N) is 2. The number of hydrogen-bond donors (Lipinski definition) is 2. The Morgan fingerprint density at radius 2 is 1.53 bits per heavy atom. The second kappa shape index (κ2) is 7.50. The van der Waals surface area contributed by atoms with Crippen molar-refractivity contribution in [3.05, 3.63) is 71.0 Å². The van der Waals surface area contributed by atoms with Crippen molar-refractivity contribution in [2.75, 3.05) is 20.6 Å². The Balaban J connectivity index is 1.78. The van der Waals surface area contributed by atoms with Crippen molar-refractivity contribution in [1.29, 1.82) is 0 Å². The molecule has 4 aromatic rings. The molecule has 0 radical (unpaired) electrons. The van der Waals surface area contributed by atoms with Crippen LogP contribution in [0.15, 0.2) is 48.8 Å². The van der Waals surface area contributed by atoms with E-state index in [2.05, 4.69) is 38.0 Å². The molecule has 0 unspecified atom stereocenters. The van der Waals surface area contributed by atoms with Gasteiger partial charge in [-0.1, -0.05) is 23.3 Å². The third-order valence-electron chi connectivity index (χ3n) is 6.13. The van der Waals surface area contributed by atoms with Gasteiger partial charge in [-0.3, -0.25) is 14.9 Å². The van der Waals surface area contributed by atoms with Crippen LogP contribution in [0.5, 0.6) is 0 Å². The summed E-state index contributed by atoms with van der Waals surface area (Å²) in [6, 6.07) is 12.3. The predicted molar refractivity (Wildman–Crippen MR) is 128 cm³/mol. The molecular formula is C26H26N4O2. The average molecular weight is 427 g/mol. The molecular weight excluding hydrogens is 400 g/mol. The van der Waals surface area contributed by atoms with E-state index in [9.17, 15) is 9.59 Å². The minimum atomic E-state index is -0.353. The standard InChI is InChI=1S/C26H26N4O2/c1-15-5-7-21-17(11-15)19(13-27-21)23-24(26(32)28-25(23)31)20-14-30(10-9-29(3)4)22-8-6-16(2)12-18(20)22/h5-8,11-14,27H,9-10H2,1-4H3,(H,28,31,32). The number of aromatic nitrogens is 2. The van der Waals surface area contributed by atoms with Gasteiger partial charge in [-0.05, 0) is 52.2 Å². The summed E-state index contributed by atoms with van der Waals surface area (Å²) in [7, 11) is 4.08. The van der Waals surface area contributed by atoms with Crippen molar-refractivity contribution < 1.29 is 9.59 Å². The van der Waals surface area contributed by atoms with E-state index >= 15 is 0 Å². The van der Waals surface area contributed by atoms with Crippen LogP contribution in [0, 0.1) is 13.8 Å². The Bertz CT molecular complexity index is 1440. The van der Waals surface area contributed by atoms with Crippen LogP contribution in [0.25, 0.3) is 33.0 Å². The SMILES string of the molecule is Cc1ccc2[nH]cc(C3=C(c4cn(CCN(C)C)c5ccc(C)cc45)C(=O)NC3=O)c2c1. The van der Waals surface area contributed by atoms with Crippen molar-refractivity contribution in [3.63, 3.8) is 0 Å². The summed E-state index contributed by atoms with van der Waals surface area (Å²) in [4.78, 5) is 31.5. The van der Waals surface area contributed by atoms with Crippen molar-refractivity contribution in [1.82, 2.24) is 19.8 Å². The minimum absolute atomic E-state index is 0.347. The highest BCUT2D eigenvalue weighted by atomic mass is 16.2. The van der Waals surface area contributed by atoms with E-state index in [-0.39, 0.29) is 11.8 Å². The van der Waals surface area contributed by atoms with Gasteiger partial charge in [0, 0.05) is 58.4 Å². The molecule has 2 aromatic carbocycles. The van der Waals surface area contributed by atoms with Crippen LogP contribution in [-0.2, 0) is 16.1 Å². The number of hydrogen-bond acceptors (Lipinski definition) is 3. The van der Waals surface area contributed by atoms with E-state index in [1.807, 2.05) is 58.5 Å². The Morgan fingerprint density at radius 3 is 2.25 bits per heavy atom. The van der Waals surface area contributed by atoms with Gasteiger partial charge in [-0.2, -0.15) is 0 Å². The lowest BCUT2D eigenvalue weighted by atomic mass is 9.95. The quantitative estimate of drug-likeness (QED) is 0.476. The topological polar surface area (TPSA) is 70.1 Å². The van der Waals surface area contributed by atoms with Crippen LogP contribution in [0.2, 0.25) is 0 Å². The number of aryl methyl sites for hydroxylation is 2. The zero-order chi connectivity index (χ0) is 22.6. The Labute approximate surface area is 186 Å². The molecule has 0 spiro atoms. The maximum atomic E-state index is 13.1. The fourth-order valence-electron chi connectivity index (χ4n) is 4.51. The summed E-state index contributed by atoms with van der Waals surface area (Å²) >= 11 is 0. The van der Waals surface area contributed by atoms with E-state index in [0.717, 1.165) is 57.1 Å². The zero-order valence-corrected chi connectivity index (χ0v) is 18.7. The highest BCUT2D eigenvalue weighted by Gasteiger charge is 2.35. The first-order chi connectivity index (χ1) is 15.3. The number of rotatable bonds is 5. The van der Waals surface area contributed by atoms with Crippen molar-refractivity contribution in [2.24, 2.45) is 0 Å². The molecule has 2 amide bonds. The molecule has 0 saturated carbocycles. The first kappa shape index (κ1) is 20.3. The average Bonchev–Trinajstić information content (AvgIpc) is 3.38. The number of likely N-dealkylation sites (N-methyl/N-ethyl adjacent to an activating group) is 1. The van der Waals surface area contributed by atoms with Crippen molar-refractivity contribution in [2.45, 2.75) is 20.4 Å². The molecule has 0 fully saturated rings. The number of carbonyl (C=O) groups excluding carboxylic acids is 2. The van der Waals surface area contributed by atoms with E-state index in [1.165, 1.54) is 0 Å². The van der Waals surface area contributed by atoms with Gasteiger partial charge in [0.25, 0.3) is 11.8 Å². The highest BCUT2D eigenvalue weighted by molar-refractivity contribution is 6.50. The van der Waals surface area contributed by atoms with Gasteiger partial charge in [-0.15, -0.1) is 0 Å². The Morgan fingerprint density at radius 1 is 0.875 bits per heavy atom. The van der Waals surface area contributed by atoms with Crippen molar-refractivity contribution >= 4 is 44.8 Å². The smallest absolute Gasteiger partial charge is 0.259 e. The molecule has 6 heteroatoms. The molecule has 0 aliphatic carbocycles. The maximum Gasteiger partial charge on any atom is 0.259 e. The third-order valence-corrected chi connectivity index (χ3v) is 6.13. The Kier molecular flexibility index (Phi) is 4.75. The second-order valence-electron chi connectivity index (χ2n) is 8.84. The zero-order valence-electron chi connectivity index (χ0n) is 18.7. The first-order valence-corrected chi connectivity index (χ1v) is 10.8. The summed E-state index contributed by atoms with van der Waals surface area (Å²) in [5, 5.41) is 4.46. The number of H-pyrrole nitrogens is 1. The molecule has 32 heavy (non-hydrogen) atoms.